The molecule has 0 saturated carbocycles. The number of aryl methyl sites for hydroxylation is 1. The van der Waals surface area contributed by atoms with E-state index in [1.165, 1.54) is 0 Å². The minimum atomic E-state index is -0.0568. The predicted molar refractivity (Wildman–Crippen MR) is 93.9 cm³/mol. The summed E-state index contributed by atoms with van der Waals surface area (Å²) in [5.41, 5.74) is 4.10. The third-order valence-electron chi connectivity index (χ3n) is 3.65. The van der Waals surface area contributed by atoms with Crippen LogP contribution in [0, 0.1) is 18.3 Å². The van der Waals surface area contributed by atoms with Crippen molar-refractivity contribution in [1.29, 1.82) is 5.26 Å². The lowest BCUT2D eigenvalue weighted by Gasteiger charge is -2.11. The van der Waals surface area contributed by atoms with E-state index in [4.69, 9.17) is 0 Å². The molecule has 0 aliphatic carbocycles. The molecular weight excluding hydrogens is 352 g/mol. The summed E-state index contributed by atoms with van der Waals surface area (Å²) in [4.78, 5) is 4.64. The van der Waals surface area contributed by atoms with Crippen LogP contribution in [0.2, 0.25) is 0 Å². The van der Waals surface area contributed by atoms with Crippen molar-refractivity contribution >= 4 is 15.9 Å². The first-order chi connectivity index (χ1) is 11.1. The number of aromatic nitrogens is 1. The lowest BCUT2D eigenvalue weighted by Crippen LogP contribution is -1.95. The van der Waals surface area contributed by atoms with Gasteiger partial charge in [0.15, 0.2) is 0 Å². The first kappa shape index (κ1) is 15.3. The van der Waals surface area contributed by atoms with Gasteiger partial charge in [0.05, 0.1) is 11.4 Å². The fourth-order valence-electron chi connectivity index (χ4n) is 2.46. The molecule has 0 aliphatic rings. The van der Waals surface area contributed by atoms with Gasteiger partial charge in [0.25, 0.3) is 0 Å². The van der Waals surface area contributed by atoms with Gasteiger partial charge < -0.3 is 5.11 Å². The zero-order valence-corrected chi connectivity index (χ0v) is 14.0. The number of rotatable bonds is 2. The molecule has 0 fully saturated rings. The molecule has 4 heteroatoms. The molecule has 1 heterocycles. The van der Waals surface area contributed by atoms with Crippen molar-refractivity contribution in [2.24, 2.45) is 0 Å². The number of hydrogen-bond acceptors (Lipinski definition) is 3. The highest BCUT2D eigenvalue weighted by Gasteiger charge is 2.15. The lowest BCUT2D eigenvalue weighted by atomic mass is 10.0. The molecule has 1 N–H and O–H groups in total. The number of halogens is 1. The Labute approximate surface area is 143 Å². The van der Waals surface area contributed by atoms with Crippen LogP contribution in [0.15, 0.2) is 59.1 Å². The van der Waals surface area contributed by atoms with E-state index in [1.807, 2.05) is 61.5 Å². The highest BCUT2D eigenvalue weighted by Crippen LogP contribution is 2.33. The van der Waals surface area contributed by atoms with E-state index in [9.17, 15) is 10.4 Å². The maximum Gasteiger partial charge on any atom is 0.137 e. The Balaban J connectivity index is 2.25. The maximum absolute atomic E-state index is 10.3. The number of hydrogen-bond donors (Lipinski definition) is 1. The van der Waals surface area contributed by atoms with E-state index in [2.05, 4.69) is 20.9 Å². The minimum absolute atomic E-state index is 0.0568. The van der Waals surface area contributed by atoms with E-state index >= 15 is 0 Å². The Hall–Kier alpha value is -2.64. The molecule has 3 aromatic rings. The number of pyridine rings is 1. The van der Waals surface area contributed by atoms with Gasteiger partial charge in [0.2, 0.25) is 0 Å². The second-order valence-electron chi connectivity index (χ2n) is 5.18. The van der Waals surface area contributed by atoms with E-state index in [0.29, 0.717) is 11.4 Å². The number of nitriles is 1. The van der Waals surface area contributed by atoms with Gasteiger partial charge in [-0.15, -0.1) is 0 Å². The van der Waals surface area contributed by atoms with Crippen molar-refractivity contribution in [2.75, 3.05) is 0 Å². The van der Waals surface area contributed by atoms with Crippen molar-refractivity contribution in [2.45, 2.75) is 6.92 Å². The largest absolute Gasteiger partial charge is 0.506 e. The quantitative estimate of drug-likeness (QED) is 0.690. The zero-order chi connectivity index (χ0) is 16.4. The second-order valence-corrected chi connectivity index (χ2v) is 6.10. The summed E-state index contributed by atoms with van der Waals surface area (Å²) in [5, 5.41) is 19.6. The van der Waals surface area contributed by atoms with Gasteiger partial charge in [0, 0.05) is 21.7 Å². The normalized spacial score (nSPS) is 10.3. The van der Waals surface area contributed by atoms with Crippen LogP contribution >= 0.6 is 15.9 Å². The van der Waals surface area contributed by atoms with Crippen LogP contribution in [0.3, 0.4) is 0 Å². The van der Waals surface area contributed by atoms with E-state index in [1.54, 1.807) is 6.07 Å². The van der Waals surface area contributed by atoms with Crippen molar-refractivity contribution in [1.82, 2.24) is 4.98 Å². The van der Waals surface area contributed by atoms with Gasteiger partial charge in [-0.25, -0.2) is 4.98 Å². The minimum Gasteiger partial charge on any atom is -0.506 e. The van der Waals surface area contributed by atoms with Gasteiger partial charge >= 0.3 is 0 Å². The van der Waals surface area contributed by atoms with Gasteiger partial charge in [-0.2, -0.15) is 5.26 Å². The SMILES string of the molecule is Cc1ccccc1-c1cc(O)c(C#N)c(-c2ccc(Br)cc2)n1. The van der Waals surface area contributed by atoms with Crippen LogP contribution in [-0.4, -0.2) is 10.1 Å². The molecule has 3 nitrogen and oxygen atoms in total. The molecule has 0 aliphatic heterocycles. The molecule has 0 spiro atoms. The van der Waals surface area contributed by atoms with E-state index < -0.39 is 0 Å². The number of benzene rings is 2. The molecule has 0 saturated heterocycles. The second kappa shape index (κ2) is 6.23. The average molecular weight is 365 g/mol. The van der Waals surface area contributed by atoms with Gasteiger partial charge in [-0.3, -0.25) is 0 Å². The Morgan fingerprint density at radius 2 is 1.78 bits per heavy atom. The number of aromatic hydroxyl groups is 1. The molecule has 23 heavy (non-hydrogen) atoms. The van der Waals surface area contributed by atoms with Crippen LogP contribution in [-0.2, 0) is 0 Å². The first-order valence-electron chi connectivity index (χ1n) is 7.06. The van der Waals surface area contributed by atoms with Crippen molar-refractivity contribution in [3.8, 4) is 34.3 Å². The van der Waals surface area contributed by atoms with E-state index in [0.717, 1.165) is 21.2 Å². The summed E-state index contributed by atoms with van der Waals surface area (Å²) in [5.74, 6) is -0.0568. The molecule has 3 rings (SSSR count). The van der Waals surface area contributed by atoms with E-state index in [-0.39, 0.29) is 11.3 Å². The van der Waals surface area contributed by atoms with Crippen LogP contribution in [0.25, 0.3) is 22.5 Å². The third kappa shape index (κ3) is 2.96. The Morgan fingerprint density at radius 3 is 2.43 bits per heavy atom. The summed E-state index contributed by atoms with van der Waals surface area (Å²) in [6.07, 6.45) is 0. The molecular formula is C19H13BrN2O. The molecule has 0 amide bonds. The first-order valence-corrected chi connectivity index (χ1v) is 7.85. The van der Waals surface area contributed by atoms with Gasteiger partial charge in [-0.05, 0) is 24.6 Å². The summed E-state index contributed by atoms with van der Waals surface area (Å²) >= 11 is 3.39. The highest BCUT2D eigenvalue weighted by atomic mass is 79.9. The lowest BCUT2D eigenvalue weighted by molar-refractivity contribution is 0.473. The van der Waals surface area contributed by atoms with Crippen molar-refractivity contribution in [3.63, 3.8) is 0 Å². The maximum atomic E-state index is 10.3. The Morgan fingerprint density at radius 1 is 1.09 bits per heavy atom. The fourth-order valence-corrected chi connectivity index (χ4v) is 2.72. The molecule has 112 valence electrons. The monoisotopic (exact) mass is 364 g/mol. The number of nitrogens with zero attached hydrogens (tertiary/aromatic N) is 2. The molecule has 0 bridgehead atoms. The zero-order valence-electron chi connectivity index (χ0n) is 12.4. The highest BCUT2D eigenvalue weighted by molar-refractivity contribution is 9.10. The smallest absolute Gasteiger partial charge is 0.137 e. The molecule has 0 atom stereocenters. The van der Waals surface area contributed by atoms with Crippen LogP contribution < -0.4 is 0 Å². The predicted octanol–water partition coefficient (Wildman–Crippen LogP) is 5.06. The summed E-state index contributed by atoms with van der Waals surface area (Å²) in [7, 11) is 0. The van der Waals surface area contributed by atoms with Crippen LogP contribution in [0.1, 0.15) is 11.1 Å². The van der Waals surface area contributed by atoms with Gasteiger partial charge in [-0.1, -0.05) is 52.3 Å². The Bertz CT molecular complexity index is 912. The van der Waals surface area contributed by atoms with Crippen LogP contribution in [0.4, 0.5) is 0 Å². The molecule has 1 aromatic heterocycles. The summed E-state index contributed by atoms with van der Waals surface area (Å²) in [6.45, 7) is 1.99. The van der Waals surface area contributed by atoms with Crippen molar-refractivity contribution < 1.29 is 5.11 Å². The summed E-state index contributed by atoms with van der Waals surface area (Å²) < 4.78 is 0.944. The molecule has 0 unspecified atom stereocenters. The third-order valence-corrected chi connectivity index (χ3v) is 4.18. The fraction of sp³-hybridized carbons (Fsp3) is 0.0526. The van der Waals surface area contributed by atoms with Gasteiger partial charge in [0.1, 0.15) is 17.4 Å². The summed E-state index contributed by atoms with van der Waals surface area (Å²) in [6, 6.07) is 18.9. The molecule has 2 aromatic carbocycles. The topological polar surface area (TPSA) is 56.9 Å². The average Bonchev–Trinajstić information content (AvgIpc) is 2.55. The van der Waals surface area contributed by atoms with Crippen molar-refractivity contribution in [3.05, 3.63) is 70.2 Å². The van der Waals surface area contributed by atoms with Crippen LogP contribution in [0.5, 0.6) is 5.75 Å². The molecule has 0 radical (unpaired) electrons. The Kier molecular flexibility index (Phi) is 4.14. The standard InChI is InChI=1S/C19H13BrN2O/c1-12-4-2-3-5-15(12)17-10-18(23)16(11-21)19(22-17)13-6-8-14(20)9-7-13/h2-10H,1H3,(H,22,23).